The Morgan fingerprint density at radius 3 is 2.15 bits per heavy atom. The predicted octanol–water partition coefficient (Wildman–Crippen LogP) is 3.58. The molecule has 1 aromatic carbocycles. The van der Waals surface area contributed by atoms with Crippen LogP contribution >= 0.6 is 12.2 Å². The normalized spacial score (nSPS) is 12.4. The second-order valence-corrected chi connectivity index (χ2v) is 6.67. The van der Waals surface area contributed by atoms with Gasteiger partial charge in [0.25, 0.3) is 0 Å². The van der Waals surface area contributed by atoms with E-state index in [0.29, 0.717) is 11.2 Å². The number of hydrogen-bond acceptors (Lipinski definition) is 2. The standard InChI is InChI=1S/C16H25N3S/c1-11(2)17-15(20)19-18-12(3)13-7-9-14(10-8-13)16(4,5)6/h7-11H,1-6H3,(H2,17,19,20)/b18-12+. The molecule has 0 heterocycles. The molecule has 1 aromatic rings. The summed E-state index contributed by atoms with van der Waals surface area (Å²) < 4.78 is 0. The Kier molecular flexibility index (Phi) is 5.69. The molecule has 0 aromatic heterocycles. The SMILES string of the molecule is C/C(=N\NC(=S)NC(C)C)c1ccc(C(C)(C)C)cc1. The smallest absolute Gasteiger partial charge is 0.187 e. The average Bonchev–Trinajstić information content (AvgIpc) is 2.34. The van der Waals surface area contributed by atoms with Crippen LogP contribution in [0.5, 0.6) is 0 Å². The lowest BCUT2D eigenvalue weighted by molar-refractivity contribution is 0.590. The Morgan fingerprint density at radius 2 is 1.70 bits per heavy atom. The van der Waals surface area contributed by atoms with Gasteiger partial charge in [0.05, 0.1) is 5.71 Å². The van der Waals surface area contributed by atoms with Crippen molar-refractivity contribution in [2.24, 2.45) is 5.10 Å². The summed E-state index contributed by atoms with van der Waals surface area (Å²) in [6.45, 7) is 12.7. The Bertz CT molecular complexity index is 481. The summed E-state index contributed by atoms with van der Waals surface area (Å²) in [5.74, 6) is 0. The highest BCUT2D eigenvalue weighted by atomic mass is 32.1. The van der Waals surface area contributed by atoms with Crippen LogP contribution in [-0.4, -0.2) is 16.9 Å². The summed E-state index contributed by atoms with van der Waals surface area (Å²) in [7, 11) is 0. The predicted molar refractivity (Wildman–Crippen MR) is 91.4 cm³/mol. The highest BCUT2D eigenvalue weighted by Gasteiger charge is 2.13. The average molecular weight is 291 g/mol. The number of benzene rings is 1. The van der Waals surface area contributed by atoms with E-state index < -0.39 is 0 Å². The number of thiocarbonyl (C=S) groups is 1. The molecule has 110 valence electrons. The van der Waals surface area contributed by atoms with Crippen LogP contribution in [0.1, 0.15) is 52.7 Å². The van der Waals surface area contributed by atoms with Crippen molar-refractivity contribution < 1.29 is 0 Å². The molecule has 0 amide bonds. The van der Waals surface area contributed by atoms with Crippen molar-refractivity contribution >= 4 is 23.0 Å². The first-order valence-electron chi connectivity index (χ1n) is 6.92. The molecular weight excluding hydrogens is 266 g/mol. The Morgan fingerprint density at radius 1 is 1.15 bits per heavy atom. The third kappa shape index (κ3) is 5.29. The van der Waals surface area contributed by atoms with Gasteiger partial charge >= 0.3 is 0 Å². The maximum atomic E-state index is 5.14. The second kappa shape index (κ2) is 6.84. The van der Waals surface area contributed by atoms with E-state index in [2.05, 4.69) is 60.9 Å². The van der Waals surface area contributed by atoms with Crippen molar-refractivity contribution in [1.82, 2.24) is 10.7 Å². The van der Waals surface area contributed by atoms with E-state index in [4.69, 9.17) is 12.2 Å². The molecule has 0 saturated carbocycles. The molecular formula is C16H25N3S. The van der Waals surface area contributed by atoms with Crippen LogP contribution in [0.15, 0.2) is 29.4 Å². The monoisotopic (exact) mass is 291 g/mol. The minimum Gasteiger partial charge on any atom is -0.359 e. The topological polar surface area (TPSA) is 36.4 Å². The molecule has 0 bridgehead atoms. The lowest BCUT2D eigenvalue weighted by Gasteiger charge is -2.19. The molecule has 0 aliphatic heterocycles. The van der Waals surface area contributed by atoms with Crippen molar-refractivity contribution in [3.63, 3.8) is 0 Å². The Hall–Kier alpha value is -1.42. The Labute approximate surface area is 127 Å². The van der Waals surface area contributed by atoms with Crippen molar-refractivity contribution in [3.8, 4) is 0 Å². The van der Waals surface area contributed by atoms with E-state index in [-0.39, 0.29) is 5.41 Å². The maximum absolute atomic E-state index is 5.14. The van der Waals surface area contributed by atoms with E-state index in [9.17, 15) is 0 Å². The summed E-state index contributed by atoms with van der Waals surface area (Å²) in [6, 6.07) is 8.80. The Balaban J connectivity index is 2.72. The molecule has 0 spiro atoms. The first kappa shape index (κ1) is 16.6. The largest absolute Gasteiger partial charge is 0.359 e. The molecule has 3 nitrogen and oxygen atoms in total. The molecule has 0 atom stereocenters. The maximum Gasteiger partial charge on any atom is 0.187 e. The summed E-state index contributed by atoms with van der Waals surface area (Å²) in [4.78, 5) is 0. The lowest BCUT2D eigenvalue weighted by Crippen LogP contribution is -2.37. The third-order valence-corrected chi connectivity index (χ3v) is 3.12. The molecule has 2 N–H and O–H groups in total. The first-order valence-corrected chi connectivity index (χ1v) is 7.32. The van der Waals surface area contributed by atoms with Gasteiger partial charge in [-0.1, -0.05) is 45.0 Å². The zero-order chi connectivity index (χ0) is 15.3. The fourth-order valence-corrected chi connectivity index (χ4v) is 1.99. The summed E-state index contributed by atoms with van der Waals surface area (Å²) in [6.07, 6.45) is 0. The van der Waals surface area contributed by atoms with Crippen LogP contribution < -0.4 is 10.7 Å². The quantitative estimate of drug-likeness (QED) is 0.508. The van der Waals surface area contributed by atoms with Gasteiger partial charge in [0.2, 0.25) is 0 Å². The molecule has 0 unspecified atom stereocenters. The lowest BCUT2D eigenvalue weighted by atomic mass is 9.86. The zero-order valence-electron chi connectivity index (χ0n) is 13.2. The molecule has 4 heteroatoms. The van der Waals surface area contributed by atoms with Crippen LogP contribution in [0.25, 0.3) is 0 Å². The first-order chi connectivity index (χ1) is 9.20. The van der Waals surface area contributed by atoms with Gasteiger partial charge in [0.15, 0.2) is 5.11 Å². The van der Waals surface area contributed by atoms with Gasteiger partial charge in [-0.15, -0.1) is 0 Å². The fourth-order valence-electron chi connectivity index (χ4n) is 1.71. The van der Waals surface area contributed by atoms with Gasteiger partial charge in [-0.2, -0.15) is 5.10 Å². The van der Waals surface area contributed by atoms with Crippen molar-refractivity contribution in [2.75, 3.05) is 0 Å². The van der Waals surface area contributed by atoms with Gasteiger partial charge in [-0.05, 0) is 49.5 Å². The van der Waals surface area contributed by atoms with Crippen LogP contribution in [0, 0.1) is 0 Å². The highest BCUT2D eigenvalue weighted by Crippen LogP contribution is 2.22. The zero-order valence-corrected chi connectivity index (χ0v) is 14.1. The molecule has 1 rings (SSSR count). The number of hydrazone groups is 1. The minimum atomic E-state index is 0.171. The minimum absolute atomic E-state index is 0.171. The van der Waals surface area contributed by atoms with Crippen molar-refractivity contribution in [2.45, 2.75) is 53.0 Å². The van der Waals surface area contributed by atoms with Crippen LogP contribution in [-0.2, 0) is 5.41 Å². The van der Waals surface area contributed by atoms with Crippen LogP contribution in [0.3, 0.4) is 0 Å². The molecule has 20 heavy (non-hydrogen) atoms. The van der Waals surface area contributed by atoms with E-state index in [0.717, 1.165) is 11.3 Å². The summed E-state index contributed by atoms with van der Waals surface area (Å²) in [5, 5.41) is 7.94. The number of nitrogens with one attached hydrogen (secondary N) is 2. The molecule has 0 aliphatic carbocycles. The number of nitrogens with zero attached hydrogens (tertiary/aromatic N) is 1. The number of rotatable bonds is 3. The molecule has 0 aliphatic rings. The number of hydrogen-bond donors (Lipinski definition) is 2. The third-order valence-electron chi connectivity index (χ3n) is 2.91. The highest BCUT2D eigenvalue weighted by molar-refractivity contribution is 7.80. The van der Waals surface area contributed by atoms with Gasteiger partial charge in [0.1, 0.15) is 0 Å². The van der Waals surface area contributed by atoms with Crippen molar-refractivity contribution in [3.05, 3.63) is 35.4 Å². The van der Waals surface area contributed by atoms with E-state index in [1.54, 1.807) is 0 Å². The van der Waals surface area contributed by atoms with E-state index >= 15 is 0 Å². The van der Waals surface area contributed by atoms with Gasteiger partial charge in [0, 0.05) is 6.04 Å². The van der Waals surface area contributed by atoms with Gasteiger partial charge < -0.3 is 5.32 Å². The van der Waals surface area contributed by atoms with Crippen LogP contribution in [0.2, 0.25) is 0 Å². The van der Waals surface area contributed by atoms with E-state index in [1.807, 2.05) is 20.8 Å². The second-order valence-electron chi connectivity index (χ2n) is 6.26. The molecule has 0 radical (unpaired) electrons. The molecule has 0 saturated heterocycles. The van der Waals surface area contributed by atoms with E-state index in [1.165, 1.54) is 5.56 Å². The molecule has 0 fully saturated rings. The summed E-state index contributed by atoms with van der Waals surface area (Å²) >= 11 is 5.14. The summed E-state index contributed by atoms with van der Waals surface area (Å²) in [5.41, 5.74) is 6.37. The fraction of sp³-hybridized carbons (Fsp3) is 0.500. The van der Waals surface area contributed by atoms with Crippen molar-refractivity contribution in [1.29, 1.82) is 0 Å². The van der Waals surface area contributed by atoms with Crippen LogP contribution in [0.4, 0.5) is 0 Å². The van der Waals surface area contributed by atoms with Gasteiger partial charge in [-0.25, -0.2) is 0 Å². The van der Waals surface area contributed by atoms with Gasteiger partial charge in [-0.3, -0.25) is 5.43 Å².